The highest BCUT2D eigenvalue weighted by Crippen LogP contribution is 2.30. The Bertz CT molecular complexity index is 1050. The smallest absolute Gasteiger partial charge is 0.321 e. The van der Waals surface area contributed by atoms with Crippen LogP contribution in [0.15, 0.2) is 42.5 Å². The number of amides is 2. The number of carbonyl (C=O) groups is 1. The van der Waals surface area contributed by atoms with E-state index in [9.17, 15) is 17.6 Å². The summed E-state index contributed by atoms with van der Waals surface area (Å²) in [7, 11) is -1.58. The van der Waals surface area contributed by atoms with E-state index in [1.807, 2.05) is 0 Å². The lowest BCUT2D eigenvalue weighted by Crippen LogP contribution is -2.49. The zero-order chi connectivity index (χ0) is 22.8. The molecule has 31 heavy (non-hydrogen) atoms. The van der Waals surface area contributed by atoms with Crippen LogP contribution in [0.1, 0.15) is 26.7 Å². The van der Waals surface area contributed by atoms with Gasteiger partial charge in [0.15, 0.2) is 0 Å². The van der Waals surface area contributed by atoms with Gasteiger partial charge in [0, 0.05) is 26.2 Å². The van der Waals surface area contributed by atoms with E-state index in [0.717, 1.165) is 5.56 Å². The maximum atomic E-state index is 13.5. The third-order valence-electron chi connectivity index (χ3n) is 5.62. The van der Waals surface area contributed by atoms with Crippen molar-refractivity contribution in [1.82, 2.24) is 9.21 Å². The number of rotatable bonds is 5. The maximum Gasteiger partial charge on any atom is 0.321 e. The summed E-state index contributed by atoms with van der Waals surface area (Å²) in [6, 6.07) is 11.0. The first-order valence-electron chi connectivity index (χ1n) is 10.2. The van der Waals surface area contributed by atoms with Crippen LogP contribution in [0.2, 0.25) is 5.02 Å². The van der Waals surface area contributed by atoms with Gasteiger partial charge in [0.1, 0.15) is 5.82 Å². The standard InChI is InChI=1S/C22H27ClFN3O3S/c1-15(2)31(29,30)27-11-9-19(10-12-27)26(3)22(28)25-21-8-7-17(14-20(21)23)16-5-4-6-18(24)13-16/h4-8,13-15,19H,9-12H2,1-3H3,(H,25,28). The van der Waals surface area contributed by atoms with E-state index in [1.165, 1.54) is 16.4 Å². The van der Waals surface area contributed by atoms with E-state index < -0.39 is 15.3 Å². The Balaban J connectivity index is 1.63. The van der Waals surface area contributed by atoms with Crippen LogP contribution in [0.5, 0.6) is 0 Å². The Morgan fingerprint density at radius 1 is 1.16 bits per heavy atom. The molecule has 2 aromatic rings. The monoisotopic (exact) mass is 467 g/mol. The minimum atomic E-state index is -3.28. The van der Waals surface area contributed by atoms with Gasteiger partial charge in [-0.2, -0.15) is 0 Å². The predicted molar refractivity (Wildman–Crippen MR) is 122 cm³/mol. The molecule has 9 heteroatoms. The van der Waals surface area contributed by atoms with E-state index in [4.69, 9.17) is 11.6 Å². The highest BCUT2D eigenvalue weighted by molar-refractivity contribution is 7.89. The van der Waals surface area contributed by atoms with Crippen LogP contribution >= 0.6 is 11.6 Å². The topological polar surface area (TPSA) is 69.7 Å². The van der Waals surface area contributed by atoms with Crippen LogP contribution in [0, 0.1) is 5.82 Å². The summed E-state index contributed by atoms with van der Waals surface area (Å²) < 4.78 is 39.6. The van der Waals surface area contributed by atoms with Crippen LogP contribution in [0.25, 0.3) is 11.1 Å². The fourth-order valence-electron chi connectivity index (χ4n) is 3.62. The molecule has 0 atom stereocenters. The quantitative estimate of drug-likeness (QED) is 0.685. The second-order valence-electron chi connectivity index (χ2n) is 7.97. The normalized spacial score (nSPS) is 15.8. The number of sulfonamides is 1. The summed E-state index contributed by atoms with van der Waals surface area (Å²) in [5.74, 6) is -0.333. The van der Waals surface area contributed by atoms with Crippen molar-refractivity contribution in [2.75, 3.05) is 25.5 Å². The van der Waals surface area contributed by atoms with Crippen LogP contribution < -0.4 is 5.32 Å². The number of nitrogens with one attached hydrogen (secondary N) is 1. The minimum absolute atomic E-state index is 0.0658. The van der Waals surface area contributed by atoms with E-state index in [-0.39, 0.29) is 17.9 Å². The number of anilines is 1. The predicted octanol–water partition coefficient (Wildman–Crippen LogP) is 4.81. The van der Waals surface area contributed by atoms with Gasteiger partial charge in [-0.05, 0) is 62.1 Å². The molecule has 0 aromatic heterocycles. The van der Waals surface area contributed by atoms with Crippen molar-refractivity contribution in [3.05, 3.63) is 53.3 Å². The number of urea groups is 1. The third kappa shape index (κ3) is 5.37. The van der Waals surface area contributed by atoms with Crippen LogP contribution in [0.4, 0.5) is 14.9 Å². The number of piperidine rings is 1. The summed E-state index contributed by atoms with van der Waals surface area (Å²) in [4.78, 5) is 14.3. The zero-order valence-electron chi connectivity index (χ0n) is 17.8. The van der Waals surface area contributed by atoms with Crippen molar-refractivity contribution in [2.45, 2.75) is 38.0 Å². The van der Waals surface area contributed by atoms with E-state index in [0.29, 0.717) is 42.2 Å². The van der Waals surface area contributed by atoms with E-state index in [1.54, 1.807) is 56.1 Å². The molecule has 1 fully saturated rings. The van der Waals surface area contributed by atoms with E-state index >= 15 is 0 Å². The largest absolute Gasteiger partial charge is 0.325 e. The molecular weight excluding hydrogens is 441 g/mol. The first-order chi connectivity index (χ1) is 14.6. The number of halogens is 2. The molecule has 0 radical (unpaired) electrons. The van der Waals surface area contributed by atoms with Gasteiger partial charge in [-0.15, -0.1) is 0 Å². The number of carbonyl (C=O) groups excluding carboxylic acids is 1. The molecule has 1 heterocycles. The fraction of sp³-hybridized carbons (Fsp3) is 0.409. The summed E-state index contributed by atoms with van der Waals surface area (Å²) in [6.45, 7) is 4.13. The van der Waals surface area contributed by atoms with Crippen LogP contribution in [0.3, 0.4) is 0 Å². The summed E-state index contributed by atoms with van der Waals surface area (Å²) in [6.07, 6.45) is 1.14. The molecule has 0 spiro atoms. The summed E-state index contributed by atoms with van der Waals surface area (Å²) in [5.41, 5.74) is 1.90. The number of nitrogens with zero attached hydrogens (tertiary/aromatic N) is 2. The molecule has 1 aliphatic heterocycles. The third-order valence-corrected chi connectivity index (χ3v) is 8.20. The number of benzene rings is 2. The SMILES string of the molecule is CC(C)S(=O)(=O)N1CCC(N(C)C(=O)Nc2ccc(-c3cccc(F)c3)cc2Cl)CC1. The molecule has 1 aliphatic rings. The molecule has 1 N–H and O–H groups in total. The Morgan fingerprint density at radius 2 is 1.81 bits per heavy atom. The maximum absolute atomic E-state index is 13.5. The van der Waals surface area contributed by atoms with Crippen molar-refractivity contribution in [3.63, 3.8) is 0 Å². The molecule has 0 saturated carbocycles. The Hall–Kier alpha value is -2.16. The first kappa shape index (κ1) is 23.5. The Kier molecular flexibility index (Phi) is 7.24. The van der Waals surface area contributed by atoms with Gasteiger partial charge < -0.3 is 10.2 Å². The molecule has 2 amide bonds. The molecule has 1 saturated heterocycles. The number of hydrogen-bond donors (Lipinski definition) is 1. The Labute approximate surface area is 188 Å². The van der Waals surface area contributed by atoms with Crippen molar-refractivity contribution in [2.24, 2.45) is 0 Å². The first-order valence-corrected chi connectivity index (χ1v) is 12.1. The van der Waals surface area contributed by atoms with Gasteiger partial charge in [-0.25, -0.2) is 21.9 Å². The summed E-state index contributed by atoms with van der Waals surface area (Å²) >= 11 is 6.35. The molecule has 2 aromatic carbocycles. The molecule has 0 aliphatic carbocycles. The van der Waals surface area contributed by atoms with Crippen molar-refractivity contribution < 1.29 is 17.6 Å². The highest BCUT2D eigenvalue weighted by Gasteiger charge is 2.32. The van der Waals surface area contributed by atoms with Crippen LogP contribution in [-0.4, -0.2) is 55.1 Å². The Morgan fingerprint density at radius 3 is 2.39 bits per heavy atom. The average molecular weight is 468 g/mol. The second-order valence-corrected chi connectivity index (χ2v) is 10.9. The molecule has 3 rings (SSSR count). The van der Waals surface area contributed by atoms with Crippen molar-refractivity contribution in [1.29, 1.82) is 0 Å². The molecule has 168 valence electrons. The molecule has 6 nitrogen and oxygen atoms in total. The van der Waals surface area contributed by atoms with Gasteiger partial charge in [0.05, 0.1) is 16.0 Å². The van der Waals surface area contributed by atoms with Gasteiger partial charge in [0.25, 0.3) is 0 Å². The van der Waals surface area contributed by atoms with Gasteiger partial charge in [-0.1, -0.05) is 29.8 Å². The number of hydrogen-bond acceptors (Lipinski definition) is 3. The molecule has 0 unspecified atom stereocenters. The highest BCUT2D eigenvalue weighted by atomic mass is 35.5. The van der Waals surface area contributed by atoms with Gasteiger partial charge in [-0.3, -0.25) is 0 Å². The lowest BCUT2D eigenvalue weighted by atomic mass is 10.1. The second kappa shape index (κ2) is 9.54. The fourth-order valence-corrected chi connectivity index (χ4v) is 5.16. The van der Waals surface area contributed by atoms with Crippen molar-refractivity contribution in [3.8, 4) is 11.1 Å². The van der Waals surface area contributed by atoms with Gasteiger partial charge >= 0.3 is 6.03 Å². The minimum Gasteiger partial charge on any atom is -0.325 e. The van der Waals surface area contributed by atoms with Crippen LogP contribution in [-0.2, 0) is 10.0 Å². The summed E-state index contributed by atoms with van der Waals surface area (Å²) in [5, 5.41) is 2.70. The lowest BCUT2D eigenvalue weighted by Gasteiger charge is -2.36. The van der Waals surface area contributed by atoms with Crippen molar-refractivity contribution >= 4 is 33.3 Å². The molecule has 0 bridgehead atoms. The lowest BCUT2D eigenvalue weighted by molar-refractivity contribution is 0.173. The zero-order valence-corrected chi connectivity index (χ0v) is 19.4. The average Bonchev–Trinajstić information content (AvgIpc) is 2.74. The van der Waals surface area contributed by atoms with E-state index in [2.05, 4.69) is 5.32 Å². The van der Waals surface area contributed by atoms with Gasteiger partial charge in [0.2, 0.25) is 10.0 Å². The molecular formula is C22H27ClFN3O3S.